The van der Waals surface area contributed by atoms with Gasteiger partial charge in [0.15, 0.2) is 0 Å². The molecular formula is C12H13BrN4O. The zero-order valence-corrected chi connectivity index (χ0v) is 11.7. The number of hydrogen-bond acceptors (Lipinski definition) is 3. The highest BCUT2D eigenvalue weighted by Gasteiger charge is 2.12. The third-order valence-electron chi connectivity index (χ3n) is 2.36. The van der Waals surface area contributed by atoms with Crippen LogP contribution in [-0.2, 0) is 0 Å². The number of anilines is 1. The fourth-order valence-electron chi connectivity index (χ4n) is 1.43. The van der Waals surface area contributed by atoms with Crippen molar-refractivity contribution in [2.45, 2.75) is 19.9 Å². The Morgan fingerprint density at radius 1 is 1.50 bits per heavy atom. The minimum absolute atomic E-state index is 0.259. The predicted octanol–water partition coefficient (Wildman–Crippen LogP) is 2.87. The van der Waals surface area contributed by atoms with E-state index in [4.69, 9.17) is 0 Å². The Kier molecular flexibility index (Phi) is 3.76. The summed E-state index contributed by atoms with van der Waals surface area (Å²) in [6.45, 7) is 4.04. The molecule has 2 heterocycles. The molecule has 2 rings (SSSR count). The van der Waals surface area contributed by atoms with E-state index < -0.39 is 0 Å². The summed E-state index contributed by atoms with van der Waals surface area (Å²) in [6.07, 6.45) is 4.99. The maximum Gasteiger partial charge on any atom is 0.275 e. The van der Waals surface area contributed by atoms with Gasteiger partial charge >= 0.3 is 0 Å². The van der Waals surface area contributed by atoms with Crippen LogP contribution >= 0.6 is 15.9 Å². The topological polar surface area (TPSA) is 59.8 Å². The van der Waals surface area contributed by atoms with Crippen LogP contribution < -0.4 is 5.32 Å². The number of aromatic nitrogens is 3. The van der Waals surface area contributed by atoms with Crippen molar-refractivity contribution in [1.29, 1.82) is 0 Å². The van der Waals surface area contributed by atoms with Crippen molar-refractivity contribution in [3.05, 3.63) is 40.9 Å². The van der Waals surface area contributed by atoms with E-state index in [2.05, 4.69) is 31.3 Å². The van der Waals surface area contributed by atoms with E-state index in [1.54, 1.807) is 35.4 Å². The largest absolute Gasteiger partial charge is 0.318 e. The second kappa shape index (κ2) is 5.30. The van der Waals surface area contributed by atoms with Crippen molar-refractivity contribution in [3.63, 3.8) is 0 Å². The summed E-state index contributed by atoms with van der Waals surface area (Å²) in [5.74, 6) is -0.259. The first-order valence-electron chi connectivity index (χ1n) is 5.54. The van der Waals surface area contributed by atoms with Crippen molar-refractivity contribution >= 4 is 27.5 Å². The number of nitrogens with one attached hydrogen (secondary N) is 1. The smallest absolute Gasteiger partial charge is 0.275 e. The van der Waals surface area contributed by atoms with Crippen LogP contribution in [0.4, 0.5) is 5.69 Å². The Balaban J connectivity index is 2.14. The molecule has 0 saturated heterocycles. The second-order valence-corrected chi connectivity index (χ2v) is 4.95. The molecule has 0 aliphatic rings. The van der Waals surface area contributed by atoms with Gasteiger partial charge in [0.1, 0.15) is 5.69 Å². The molecule has 0 aliphatic heterocycles. The highest BCUT2D eigenvalue weighted by molar-refractivity contribution is 9.10. The lowest BCUT2D eigenvalue weighted by atomic mass is 10.3. The summed E-state index contributed by atoms with van der Waals surface area (Å²) in [4.78, 5) is 16.0. The summed E-state index contributed by atoms with van der Waals surface area (Å²) >= 11 is 3.29. The average Bonchev–Trinajstić information content (AvgIpc) is 2.78. The summed E-state index contributed by atoms with van der Waals surface area (Å²) in [5.41, 5.74) is 1.01. The van der Waals surface area contributed by atoms with Crippen LogP contribution in [0.25, 0.3) is 0 Å². The normalized spacial score (nSPS) is 10.7. The SMILES string of the molecule is CC(C)n1cc(NC(=O)c2ncccc2Br)cn1. The van der Waals surface area contributed by atoms with Crippen molar-refractivity contribution in [3.8, 4) is 0 Å². The Bertz CT molecular complexity index is 565. The van der Waals surface area contributed by atoms with Gasteiger partial charge in [-0.1, -0.05) is 0 Å². The number of pyridine rings is 1. The molecule has 0 aromatic carbocycles. The molecule has 5 nitrogen and oxygen atoms in total. The molecule has 0 atom stereocenters. The van der Waals surface area contributed by atoms with E-state index in [0.717, 1.165) is 0 Å². The third-order valence-corrected chi connectivity index (χ3v) is 3.00. The van der Waals surface area contributed by atoms with Gasteiger partial charge in [0.05, 0.1) is 11.9 Å². The highest BCUT2D eigenvalue weighted by atomic mass is 79.9. The zero-order chi connectivity index (χ0) is 13.1. The Morgan fingerprint density at radius 3 is 2.89 bits per heavy atom. The summed E-state index contributed by atoms with van der Waals surface area (Å²) in [5, 5.41) is 6.91. The number of carbonyl (C=O) groups is 1. The number of amides is 1. The predicted molar refractivity (Wildman–Crippen MR) is 72.5 cm³/mol. The van der Waals surface area contributed by atoms with Crippen molar-refractivity contribution in [1.82, 2.24) is 14.8 Å². The third kappa shape index (κ3) is 2.76. The quantitative estimate of drug-likeness (QED) is 0.948. The van der Waals surface area contributed by atoms with Gasteiger partial charge < -0.3 is 5.32 Å². The lowest BCUT2D eigenvalue weighted by Gasteiger charge is -2.04. The number of hydrogen-bond donors (Lipinski definition) is 1. The van der Waals surface area contributed by atoms with Crippen molar-refractivity contribution in [2.24, 2.45) is 0 Å². The van der Waals surface area contributed by atoms with E-state index >= 15 is 0 Å². The van der Waals surface area contributed by atoms with E-state index in [9.17, 15) is 4.79 Å². The van der Waals surface area contributed by atoms with Crippen LogP contribution in [0.15, 0.2) is 35.2 Å². The lowest BCUT2D eigenvalue weighted by molar-refractivity contribution is 0.102. The van der Waals surface area contributed by atoms with Crippen LogP contribution in [0.1, 0.15) is 30.4 Å². The van der Waals surface area contributed by atoms with Gasteiger partial charge in [-0.05, 0) is 41.9 Å². The van der Waals surface area contributed by atoms with Gasteiger partial charge in [-0.2, -0.15) is 5.10 Å². The van der Waals surface area contributed by atoms with Crippen LogP contribution in [0.5, 0.6) is 0 Å². The molecule has 6 heteroatoms. The van der Waals surface area contributed by atoms with Gasteiger partial charge in [0, 0.05) is 22.9 Å². The minimum Gasteiger partial charge on any atom is -0.318 e. The molecule has 18 heavy (non-hydrogen) atoms. The van der Waals surface area contributed by atoms with Gasteiger partial charge in [-0.15, -0.1) is 0 Å². The van der Waals surface area contributed by atoms with E-state index in [1.165, 1.54) is 0 Å². The maximum atomic E-state index is 12.0. The second-order valence-electron chi connectivity index (χ2n) is 4.09. The molecule has 1 N–H and O–H groups in total. The van der Waals surface area contributed by atoms with Crippen molar-refractivity contribution in [2.75, 3.05) is 5.32 Å². The number of rotatable bonds is 3. The van der Waals surface area contributed by atoms with E-state index in [1.807, 2.05) is 13.8 Å². The molecule has 94 valence electrons. The van der Waals surface area contributed by atoms with Crippen LogP contribution in [0.2, 0.25) is 0 Å². The maximum absolute atomic E-state index is 12.0. The molecule has 0 bridgehead atoms. The van der Waals surface area contributed by atoms with Gasteiger partial charge in [0.2, 0.25) is 0 Å². The molecule has 0 saturated carbocycles. The number of halogens is 1. The Morgan fingerprint density at radius 2 is 2.28 bits per heavy atom. The molecule has 2 aromatic heterocycles. The molecule has 0 unspecified atom stereocenters. The summed E-state index contributed by atoms with van der Waals surface area (Å²) in [6, 6.07) is 3.80. The van der Waals surface area contributed by atoms with Gasteiger partial charge in [0.25, 0.3) is 5.91 Å². The molecule has 0 fully saturated rings. The number of nitrogens with zero attached hydrogens (tertiary/aromatic N) is 3. The van der Waals surface area contributed by atoms with Crippen LogP contribution in [0.3, 0.4) is 0 Å². The molecule has 0 aliphatic carbocycles. The fraction of sp³-hybridized carbons (Fsp3) is 0.250. The summed E-state index contributed by atoms with van der Waals surface area (Å²) < 4.78 is 2.45. The van der Waals surface area contributed by atoms with Crippen LogP contribution in [-0.4, -0.2) is 20.7 Å². The van der Waals surface area contributed by atoms with Crippen molar-refractivity contribution < 1.29 is 4.79 Å². The first-order chi connectivity index (χ1) is 8.58. The summed E-state index contributed by atoms with van der Waals surface area (Å²) in [7, 11) is 0. The van der Waals surface area contributed by atoms with Crippen LogP contribution in [0, 0.1) is 0 Å². The molecular weight excluding hydrogens is 296 g/mol. The molecule has 0 spiro atoms. The minimum atomic E-state index is -0.259. The van der Waals surface area contributed by atoms with Gasteiger partial charge in [-0.25, -0.2) is 4.98 Å². The zero-order valence-electron chi connectivity index (χ0n) is 10.1. The van der Waals surface area contributed by atoms with E-state index in [-0.39, 0.29) is 11.9 Å². The van der Waals surface area contributed by atoms with E-state index in [0.29, 0.717) is 15.9 Å². The average molecular weight is 309 g/mol. The fourth-order valence-corrected chi connectivity index (χ4v) is 1.86. The highest BCUT2D eigenvalue weighted by Crippen LogP contribution is 2.16. The number of carbonyl (C=O) groups excluding carboxylic acids is 1. The Hall–Kier alpha value is -1.69. The monoisotopic (exact) mass is 308 g/mol. The standard InChI is InChI=1S/C12H13BrN4O/c1-8(2)17-7-9(6-15-17)16-12(18)11-10(13)4-3-5-14-11/h3-8H,1-2H3,(H,16,18). The molecule has 1 amide bonds. The van der Waals surface area contributed by atoms with Gasteiger partial charge in [-0.3, -0.25) is 9.48 Å². The molecule has 2 aromatic rings. The first kappa shape index (κ1) is 12.8. The Labute approximate surface area is 113 Å². The first-order valence-corrected chi connectivity index (χ1v) is 6.33. The molecule has 0 radical (unpaired) electrons. The lowest BCUT2D eigenvalue weighted by Crippen LogP contribution is -2.13.